The number of nitrogens with one attached hydrogen (secondary N) is 1. The number of unbranched alkanes of at least 4 members (excludes halogenated alkanes) is 1. The van der Waals surface area contributed by atoms with Crippen molar-refractivity contribution in [2.24, 2.45) is 17.5 Å². The Morgan fingerprint density at radius 3 is 2.00 bits per heavy atom. The van der Waals surface area contributed by atoms with Crippen molar-refractivity contribution < 1.29 is 19.8 Å². The molecule has 22 heavy (non-hydrogen) atoms. The predicted octanol–water partition coefficient (Wildman–Crippen LogP) is 0.781. The quantitative estimate of drug-likeness (QED) is 0.298. The van der Waals surface area contributed by atoms with Gasteiger partial charge in [-0.05, 0) is 19.9 Å². The molecule has 0 aromatic rings. The van der Waals surface area contributed by atoms with Crippen LogP contribution in [0.5, 0.6) is 0 Å². The van der Waals surface area contributed by atoms with Crippen molar-refractivity contribution in [3.8, 4) is 0 Å². The number of carbonyl (C=O) groups is 1. The smallest absolute Gasteiger partial charge is 0.222 e. The number of hydrogen-bond donors (Lipinski definition) is 5. The first kappa shape index (κ1) is 29.3. The highest BCUT2D eigenvalue weighted by atomic mass is 16.6. The summed E-state index contributed by atoms with van der Waals surface area (Å²) in [6, 6.07) is 0. The SMILES string of the molecule is CC.CC.CN.NOCCC(=O)NCCCCC(CO)CO. The molecule has 0 aliphatic heterocycles. The van der Waals surface area contributed by atoms with Gasteiger partial charge in [0.25, 0.3) is 0 Å². The van der Waals surface area contributed by atoms with Gasteiger partial charge < -0.3 is 26.1 Å². The lowest BCUT2D eigenvalue weighted by atomic mass is 10.0. The average molecular weight is 325 g/mol. The van der Waals surface area contributed by atoms with E-state index in [9.17, 15) is 4.79 Å². The molecule has 0 rings (SSSR count). The minimum Gasteiger partial charge on any atom is -0.396 e. The maximum atomic E-state index is 11.1. The van der Waals surface area contributed by atoms with Crippen LogP contribution in [0.15, 0.2) is 0 Å². The molecule has 0 aliphatic carbocycles. The minimum absolute atomic E-state index is 0.0106. The van der Waals surface area contributed by atoms with E-state index in [1.807, 2.05) is 27.7 Å². The molecule has 0 aromatic heterocycles. The van der Waals surface area contributed by atoms with Gasteiger partial charge in [-0.3, -0.25) is 4.79 Å². The number of aliphatic hydroxyl groups excluding tert-OH is 2. The van der Waals surface area contributed by atoms with Crippen LogP contribution in [0.1, 0.15) is 53.4 Å². The molecule has 7 N–H and O–H groups in total. The van der Waals surface area contributed by atoms with Crippen LogP contribution in [0, 0.1) is 5.92 Å². The number of amides is 1. The molecule has 0 spiro atoms. The molecule has 0 saturated heterocycles. The second-order valence-electron chi connectivity index (χ2n) is 3.70. The Morgan fingerprint density at radius 2 is 1.59 bits per heavy atom. The molecule has 0 bridgehead atoms. The summed E-state index contributed by atoms with van der Waals surface area (Å²) in [7, 11) is 1.50. The number of nitrogens with two attached hydrogens (primary N) is 2. The zero-order chi connectivity index (χ0) is 18.2. The first-order valence-corrected chi connectivity index (χ1v) is 8.12. The molecule has 7 heteroatoms. The van der Waals surface area contributed by atoms with Gasteiger partial charge >= 0.3 is 0 Å². The lowest BCUT2D eigenvalue weighted by Crippen LogP contribution is -2.26. The summed E-state index contributed by atoms with van der Waals surface area (Å²) >= 11 is 0. The Bertz CT molecular complexity index is 180. The van der Waals surface area contributed by atoms with E-state index in [4.69, 9.17) is 16.1 Å². The maximum Gasteiger partial charge on any atom is 0.222 e. The Balaban J connectivity index is -0.000000238. The van der Waals surface area contributed by atoms with Crippen LogP contribution in [0.2, 0.25) is 0 Å². The van der Waals surface area contributed by atoms with Crippen molar-refractivity contribution in [2.45, 2.75) is 53.4 Å². The van der Waals surface area contributed by atoms with E-state index in [0.717, 1.165) is 19.3 Å². The Kier molecular flexibility index (Phi) is 43.0. The summed E-state index contributed by atoms with van der Waals surface area (Å²) in [6.07, 6.45) is 2.76. The lowest BCUT2D eigenvalue weighted by molar-refractivity contribution is -0.122. The summed E-state index contributed by atoms with van der Waals surface area (Å²) in [5.74, 6) is 4.67. The van der Waals surface area contributed by atoms with E-state index in [0.29, 0.717) is 6.54 Å². The highest BCUT2D eigenvalue weighted by Crippen LogP contribution is 2.06. The van der Waals surface area contributed by atoms with E-state index in [1.165, 1.54) is 7.05 Å². The third-order valence-electron chi connectivity index (χ3n) is 2.32. The monoisotopic (exact) mass is 325 g/mol. The molecule has 0 radical (unpaired) electrons. The van der Waals surface area contributed by atoms with Crippen molar-refractivity contribution in [2.75, 3.05) is 33.4 Å². The zero-order valence-electron chi connectivity index (χ0n) is 15.1. The fraction of sp³-hybridized carbons (Fsp3) is 0.933. The van der Waals surface area contributed by atoms with E-state index in [1.54, 1.807) is 0 Å². The van der Waals surface area contributed by atoms with Gasteiger partial charge in [-0.1, -0.05) is 34.1 Å². The number of carbonyl (C=O) groups excluding carboxylic acids is 1. The molecule has 0 fully saturated rings. The summed E-state index contributed by atoms with van der Waals surface area (Å²) < 4.78 is 0. The third-order valence-corrected chi connectivity index (χ3v) is 2.32. The summed E-state index contributed by atoms with van der Waals surface area (Å²) in [5, 5.41) is 20.4. The van der Waals surface area contributed by atoms with Crippen LogP contribution >= 0.6 is 0 Å². The molecular formula is C15H39N3O4. The van der Waals surface area contributed by atoms with Crippen molar-refractivity contribution in [1.82, 2.24) is 5.32 Å². The highest BCUT2D eigenvalue weighted by Gasteiger charge is 2.05. The van der Waals surface area contributed by atoms with Crippen LogP contribution < -0.4 is 16.9 Å². The van der Waals surface area contributed by atoms with Crippen LogP contribution in [-0.4, -0.2) is 49.5 Å². The number of rotatable bonds is 10. The normalized spacial score (nSPS) is 8.64. The molecule has 0 atom stereocenters. The molecular weight excluding hydrogens is 286 g/mol. The average Bonchev–Trinajstić information content (AvgIpc) is 2.61. The molecule has 0 heterocycles. The van der Waals surface area contributed by atoms with E-state index < -0.39 is 0 Å². The topological polar surface area (TPSA) is 131 Å². The summed E-state index contributed by atoms with van der Waals surface area (Å²) in [5.41, 5.74) is 4.50. The first-order valence-electron chi connectivity index (χ1n) is 8.12. The lowest BCUT2D eigenvalue weighted by Gasteiger charge is -2.10. The van der Waals surface area contributed by atoms with Gasteiger partial charge in [0.15, 0.2) is 0 Å². The summed E-state index contributed by atoms with van der Waals surface area (Å²) in [6.45, 7) is 8.85. The van der Waals surface area contributed by atoms with Gasteiger partial charge in [-0.2, -0.15) is 0 Å². The molecule has 7 nitrogen and oxygen atoms in total. The molecule has 0 saturated carbocycles. The number of aliphatic hydroxyl groups is 2. The van der Waals surface area contributed by atoms with E-state index in [-0.39, 0.29) is 38.1 Å². The van der Waals surface area contributed by atoms with Gasteiger partial charge in [-0.25, -0.2) is 5.90 Å². The maximum absolute atomic E-state index is 11.1. The minimum atomic E-state index is -0.0775. The number of hydrogen-bond acceptors (Lipinski definition) is 6. The molecule has 0 unspecified atom stereocenters. The Labute approximate surface area is 136 Å². The molecule has 0 aromatic carbocycles. The second-order valence-corrected chi connectivity index (χ2v) is 3.70. The third kappa shape index (κ3) is 27.6. The van der Waals surface area contributed by atoms with Gasteiger partial charge in [0.2, 0.25) is 5.91 Å². The van der Waals surface area contributed by atoms with Crippen molar-refractivity contribution in [3.63, 3.8) is 0 Å². The molecule has 0 aliphatic rings. The van der Waals surface area contributed by atoms with Crippen LogP contribution in [0.4, 0.5) is 0 Å². The fourth-order valence-corrected chi connectivity index (χ4v) is 1.27. The zero-order valence-corrected chi connectivity index (χ0v) is 15.1. The van der Waals surface area contributed by atoms with Crippen molar-refractivity contribution in [3.05, 3.63) is 0 Å². The van der Waals surface area contributed by atoms with Crippen LogP contribution in [0.25, 0.3) is 0 Å². The van der Waals surface area contributed by atoms with Gasteiger partial charge in [-0.15, -0.1) is 0 Å². The van der Waals surface area contributed by atoms with Gasteiger partial charge in [0.05, 0.1) is 13.0 Å². The van der Waals surface area contributed by atoms with E-state index in [2.05, 4.69) is 15.9 Å². The van der Waals surface area contributed by atoms with Crippen molar-refractivity contribution >= 4 is 5.91 Å². The van der Waals surface area contributed by atoms with Crippen LogP contribution in [0.3, 0.4) is 0 Å². The predicted molar refractivity (Wildman–Crippen MR) is 92.1 cm³/mol. The van der Waals surface area contributed by atoms with Gasteiger partial charge in [0.1, 0.15) is 0 Å². The second kappa shape index (κ2) is 32.3. The summed E-state index contributed by atoms with van der Waals surface area (Å²) in [4.78, 5) is 15.4. The van der Waals surface area contributed by atoms with Crippen LogP contribution in [-0.2, 0) is 9.63 Å². The van der Waals surface area contributed by atoms with Crippen molar-refractivity contribution in [1.29, 1.82) is 0 Å². The molecule has 138 valence electrons. The van der Waals surface area contributed by atoms with Gasteiger partial charge in [0, 0.05) is 25.7 Å². The Morgan fingerprint density at radius 1 is 1.09 bits per heavy atom. The van der Waals surface area contributed by atoms with E-state index >= 15 is 0 Å². The highest BCUT2D eigenvalue weighted by molar-refractivity contribution is 5.75. The largest absolute Gasteiger partial charge is 0.396 e. The Hall–Kier alpha value is -0.730. The molecule has 1 amide bonds. The first-order chi connectivity index (χ1) is 10.7. The fourth-order valence-electron chi connectivity index (χ4n) is 1.27. The standard InChI is InChI=1S/C10H22N2O4.2C2H6.CH5N/c11-16-6-4-10(15)12-5-2-1-3-9(7-13)8-14;3*1-2/h9,13-14H,1-8,11H2,(H,12,15);2*1-2H3;2H2,1H3.